The lowest BCUT2D eigenvalue weighted by Gasteiger charge is -2.09. The summed E-state index contributed by atoms with van der Waals surface area (Å²) in [7, 11) is 1.91. The molecule has 0 saturated heterocycles. The molecule has 0 aliphatic carbocycles. The van der Waals surface area contributed by atoms with Gasteiger partial charge in [-0.05, 0) is 24.6 Å². The van der Waals surface area contributed by atoms with Crippen molar-refractivity contribution in [2.75, 3.05) is 11.1 Å². The number of nitrogens with zero attached hydrogens (tertiary/aromatic N) is 2. The van der Waals surface area contributed by atoms with E-state index in [9.17, 15) is 0 Å². The first kappa shape index (κ1) is 10.5. The Hall–Kier alpha value is -1.97. The molecule has 0 radical (unpaired) electrons. The Kier molecular flexibility index (Phi) is 2.81. The summed E-state index contributed by atoms with van der Waals surface area (Å²) in [6.45, 7) is 2.69. The molecular formula is C12H16N4. The van der Waals surface area contributed by atoms with Gasteiger partial charge in [0.2, 0.25) is 0 Å². The fourth-order valence-corrected chi connectivity index (χ4v) is 1.58. The zero-order chi connectivity index (χ0) is 11.5. The number of nitrogens with one attached hydrogen (secondary N) is 1. The van der Waals surface area contributed by atoms with Crippen LogP contribution in [0.25, 0.3) is 0 Å². The summed E-state index contributed by atoms with van der Waals surface area (Å²) in [5.41, 5.74) is 9.82. The largest absolute Gasteiger partial charge is 0.397 e. The zero-order valence-corrected chi connectivity index (χ0v) is 9.57. The number of hydrogen-bond donors (Lipinski definition) is 2. The van der Waals surface area contributed by atoms with Gasteiger partial charge in [0.25, 0.3) is 0 Å². The van der Waals surface area contributed by atoms with Crippen molar-refractivity contribution in [2.45, 2.75) is 13.5 Å². The summed E-state index contributed by atoms with van der Waals surface area (Å²) >= 11 is 0. The average Bonchev–Trinajstić information content (AvgIpc) is 2.67. The Morgan fingerprint density at radius 2 is 2.19 bits per heavy atom. The van der Waals surface area contributed by atoms with Gasteiger partial charge in [-0.1, -0.05) is 12.1 Å². The molecule has 0 saturated carbocycles. The zero-order valence-electron chi connectivity index (χ0n) is 9.57. The molecule has 2 aromatic rings. The minimum atomic E-state index is 0.689. The highest BCUT2D eigenvalue weighted by Gasteiger charge is 2.02. The number of aryl methyl sites for hydroxylation is 2. The molecule has 0 unspecified atom stereocenters. The van der Waals surface area contributed by atoms with Gasteiger partial charge in [0.15, 0.2) is 0 Å². The average molecular weight is 216 g/mol. The third-order valence-corrected chi connectivity index (χ3v) is 2.55. The molecule has 1 heterocycles. The van der Waals surface area contributed by atoms with E-state index in [0.29, 0.717) is 6.54 Å². The Labute approximate surface area is 95.1 Å². The summed E-state index contributed by atoms with van der Waals surface area (Å²) in [6.07, 6.45) is 1.93. The quantitative estimate of drug-likeness (QED) is 0.771. The van der Waals surface area contributed by atoms with Crippen LogP contribution in [-0.4, -0.2) is 9.78 Å². The van der Waals surface area contributed by atoms with Crippen molar-refractivity contribution in [2.24, 2.45) is 7.05 Å². The number of rotatable bonds is 3. The van der Waals surface area contributed by atoms with E-state index in [2.05, 4.69) is 10.4 Å². The van der Waals surface area contributed by atoms with Crippen molar-refractivity contribution in [3.8, 4) is 0 Å². The third kappa shape index (κ3) is 2.16. The van der Waals surface area contributed by atoms with Crippen molar-refractivity contribution < 1.29 is 0 Å². The molecule has 1 aromatic heterocycles. The molecular weight excluding hydrogens is 200 g/mol. The maximum absolute atomic E-state index is 5.96. The molecule has 0 amide bonds. The summed E-state index contributed by atoms with van der Waals surface area (Å²) in [4.78, 5) is 0. The van der Waals surface area contributed by atoms with Gasteiger partial charge >= 0.3 is 0 Å². The first-order chi connectivity index (χ1) is 7.66. The highest BCUT2D eigenvalue weighted by molar-refractivity contribution is 5.69. The molecule has 0 aliphatic rings. The van der Waals surface area contributed by atoms with Crippen molar-refractivity contribution in [3.05, 3.63) is 41.7 Å². The molecule has 0 spiro atoms. The van der Waals surface area contributed by atoms with Crippen LogP contribution in [0.15, 0.2) is 30.5 Å². The standard InChI is InChI=1S/C12H16N4/c1-9-4-3-5-11(12(9)13)14-8-10-6-7-16(2)15-10/h3-7,14H,8,13H2,1-2H3. The molecule has 0 fully saturated rings. The van der Waals surface area contributed by atoms with Crippen molar-refractivity contribution in [3.63, 3.8) is 0 Å². The van der Waals surface area contributed by atoms with Gasteiger partial charge in [0.05, 0.1) is 23.6 Å². The van der Waals surface area contributed by atoms with Crippen LogP contribution in [0.1, 0.15) is 11.3 Å². The van der Waals surface area contributed by atoms with Crippen LogP contribution in [0.5, 0.6) is 0 Å². The molecule has 4 nitrogen and oxygen atoms in total. The lowest BCUT2D eigenvalue weighted by atomic mass is 10.2. The molecule has 0 atom stereocenters. The maximum atomic E-state index is 5.96. The number of aromatic nitrogens is 2. The van der Waals surface area contributed by atoms with E-state index in [1.165, 1.54) is 0 Å². The minimum absolute atomic E-state index is 0.689. The monoisotopic (exact) mass is 216 g/mol. The first-order valence-corrected chi connectivity index (χ1v) is 5.24. The molecule has 2 rings (SSSR count). The van der Waals surface area contributed by atoms with Crippen molar-refractivity contribution >= 4 is 11.4 Å². The van der Waals surface area contributed by atoms with Crippen LogP contribution < -0.4 is 11.1 Å². The minimum Gasteiger partial charge on any atom is -0.397 e. The predicted molar refractivity (Wildman–Crippen MR) is 66.1 cm³/mol. The maximum Gasteiger partial charge on any atom is 0.0815 e. The number of nitrogens with two attached hydrogens (primary N) is 1. The van der Waals surface area contributed by atoms with Crippen LogP contribution in [0, 0.1) is 6.92 Å². The highest BCUT2D eigenvalue weighted by Crippen LogP contribution is 2.22. The molecule has 1 aromatic carbocycles. The number of benzene rings is 1. The van der Waals surface area contributed by atoms with Gasteiger partial charge in [0, 0.05) is 13.2 Å². The van der Waals surface area contributed by atoms with Crippen molar-refractivity contribution in [1.29, 1.82) is 0 Å². The number of para-hydroxylation sites is 1. The third-order valence-electron chi connectivity index (χ3n) is 2.55. The van der Waals surface area contributed by atoms with Gasteiger partial charge in [-0.15, -0.1) is 0 Å². The lowest BCUT2D eigenvalue weighted by Crippen LogP contribution is -2.04. The number of anilines is 2. The van der Waals surface area contributed by atoms with Crippen LogP contribution >= 0.6 is 0 Å². The summed E-state index contributed by atoms with van der Waals surface area (Å²) in [5.74, 6) is 0. The van der Waals surface area contributed by atoms with E-state index in [0.717, 1.165) is 22.6 Å². The van der Waals surface area contributed by atoms with Gasteiger partial charge in [0.1, 0.15) is 0 Å². The summed E-state index contributed by atoms with van der Waals surface area (Å²) in [5, 5.41) is 7.57. The molecule has 0 bridgehead atoms. The Morgan fingerprint density at radius 3 is 2.88 bits per heavy atom. The van der Waals surface area contributed by atoms with Gasteiger partial charge in [-0.25, -0.2) is 0 Å². The second-order valence-electron chi connectivity index (χ2n) is 3.87. The Morgan fingerprint density at radius 1 is 1.38 bits per heavy atom. The van der Waals surface area contributed by atoms with E-state index in [1.54, 1.807) is 4.68 Å². The van der Waals surface area contributed by atoms with Crippen LogP contribution in [0.2, 0.25) is 0 Å². The van der Waals surface area contributed by atoms with Gasteiger partial charge < -0.3 is 11.1 Å². The fourth-order valence-electron chi connectivity index (χ4n) is 1.58. The number of hydrogen-bond acceptors (Lipinski definition) is 3. The second-order valence-corrected chi connectivity index (χ2v) is 3.87. The molecule has 0 aliphatic heterocycles. The van der Waals surface area contributed by atoms with Gasteiger partial charge in [-0.2, -0.15) is 5.10 Å². The molecule has 4 heteroatoms. The highest BCUT2D eigenvalue weighted by atomic mass is 15.3. The second kappa shape index (κ2) is 4.26. The predicted octanol–water partition coefficient (Wildman–Crippen LogP) is 1.92. The Bertz CT molecular complexity index is 488. The van der Waals surface area contributed by atoms with E-state index in [1.807, 2.05) is 44.4 Å². The number of nitrogen functional groups attached to an aromatic ring is 1. The van der Waals surface area contributed by atoms with Crippen LogP contribution in [0.3, 0.4) is 0 Å². The fraction of sp³-hybridized carbons (Fsp3) is 0.250. The summed E-state index contributed by atoms with van der Waals surface area (Å²) in [6, 6.07) is 7.96. The van der Waals surface area contributed by atoms with E-state index in [4.69, 9.17) is 5.73 Å². The Balaban J connectivity index is 2.07. The van der Waals surface area contributed by atoms with Crippen LogP contribution in [-0.2, 0) is 13.6 Å². The van der Waals surface area contributed by atoms with E-state index >= 15 is 0 Å². The normalized spacial score (nSPS) is 10.4. The van der Waals surface area contributed by atoms with E-state index < -0.39 is 0 Å². The molecule has 84 valence electrons. The lowest BCUT2D eigenvalue weighted by molar-refractivity contribution is 0.747. The molecule has 16 heavy (non-hydrogen) atoms. The SMILES string of the molecule is Cc1cccc(NCc2ccn(C)n2)c1N. The van der Waals surface area contributed by atoms with Gasteiger partial charge in [-0.3, -0.25) is 4.68 Å². The van der Waals surface area contributed by atoms with E-state index in [-0.39, 0.29) is 0 Å². The molecule has 3 N–H and O–H groups in total. The smallest absolute Gasteiger partial charge is 0.0815 e. The van der Waals surface area contributed by atoms with Crippen molar-refractivity contribution in [1.82, 2.24) is 9.78 Å². The topological polar surface area (TPSA) is 55.9 Å². The van der Waals surface area contributed by atoms with Crippen LogP contribution in [0.4, 0.5) is 11.4 Å². The summed E-state index contributed by atoms with van der Waals surface area (Å²) < 4.78 is 1.79. The first-order valence-electron chi connectivity index (χ1n) is 5.24.